The van der Waals surface area contributed by atoms with Crippen LogP contribution in [0, 0.1) is 0 Å². The van der Waals surface area contributed by atoms with Crippen LogP contribution in [-0.2, 0) is 0 Å². The number of benzene rings is 2. The molecule has 98 valence electrons. The molecule has 1 heterocycles. The zero-order valence-corrected chi connectivity index (χ0v) is 11.1. The first-order valence-electron chi connectivity index (χ1n) is 5.59. The van der Waals surface area contributed by atoms with Crippen molar-refractivity contribution in [1.29, 1.82) is 0 Å². The Labute approximate surface area is 115 Å². The summed E-state index contributed by atoms with van der Waals surface area (Å²) in [5, 5.41) is 1.52. The highest BCUT2D eigenvalue weighted by Crippen LogP contribution is 2.41. The predicted octanol–water partition coefficient (Wildman–Crippen LogP) is 5.58. The van der Waals surface area contributed by atoms with Gasteiger partial charge in [0.15, 0.2) is 0 Å². The quantitative estimate of drug-likeness (QED) is 0.531. The van der Waals surface area contributed by atoms with Crippen LogP contribution in [0.4, 0.5) is 13.2 Å². The lowest BCUT2D eigenvalue weighted by molar-refractivity contribution is -0.128. The van der Waals surface area contributed by atoms with Gasteiger partial charge in [0.2, 0.25) is 0 Å². The minimum absolute atomic E-state index is 0.173. The maximum absolute atomic E-state index is 12.7. The highest BCUT2D eigenvalue weighted by molar-refractivity contribution is 9.09. The van der Waals surface area contributed by atoms with Gasteiger partial charge < -0.3 is 4.42 Å². The molecule has 0 radical (unpaired) electrons. The van der Waals surface area contributed by atoms with Crippen molar-refractivity contribution in [3.05, 3.63) is 48.0 Å². The van der Waals surface area contributed by atoms with Crippen LogP contribution in [0.3, 0.4) is 0 Å². The van der Waals surface area contributed by atoms with Crippen LogP contribution >= 0.6 is 15.9 Å². The van der Waals surface area contributed by atoms with Crippen molar-refractivity contribution in [1.82, 2.24) is 0 Å². The van der Waals surface area contributed by atoms with Crippen molar-refractivity contribution in [2.75, 3.05) is 0 Å². The van der Waals surface area contributed by atoms with E-state index < -0.39 is 11.0 Å². The second kappa shape index (κ2) is 4.27. The first-order valence-corrected chi connectivity index (χ1v) is 6.50. The summed E-state index contributed by atoms with van der Waals surface area (Å²) >= 11 is 2.69. The van der Waals surface area contributed by atoms with E-state index in [9.17, 15) is 13.2 Å². The molecule has 1 atom stereocenters. The van der Waals surface area contributed by atoms with Crippen LogP contribution in [0.1, 0.15) is 10.4 Å². The van der Waals surface area contributed by atoms with Crippen molar-refractivity contribution >= 4 is 37.9 Å². The zero-order valence-electron chi connectivity index (χ0n) is 9.54. The van der Waals surface area contributed by atoms with E-state index in [1.807, 2.05) is 18.2 Å². The van der Waals surface area contributed by atoms with Crippen molar-refractivity contribution < 1.29 is 17.6 Å². The van der Waals surface area contributed by atoms with Gasteiger partial charge in [0, 0.05) is 10.8 Å². The molecular formula is C14H8BrF3O. The summed E-state index contributed by atoms with van der Waals surface area (Å²) in [5.74, 6) is 0. The molecule has 0 saturated carbocycles. The van der Waals surface area contributed by atoms with Gasteiger partial charge in [-0.1, -0.05) is 40.2 Å². The van der Waals surface area contributed by atoms with E-state index in [2.05, 4.69) is 15.9 Å². The van der Waals surface area contributed by atoms with Gasteiger partial charge in [-0.25, -0.2) is 0 Å². The Morgan fingerprint density at radius 1 is 0.947 bits per heavy atom. The minimum Gasteiger partial charge on any atom is -0.456 e. The Morgan fingerprint density at radius 3 is 2.37 bits per heavy atom. The van der Waals surface area contributed by atoms with E-state index >= 15 is 0 Å². The molecule has 0 aliphatic rings. The van der Waals surface area contributed by atoms with E-state index in [0.717, 1.165) is 5.39 Å². The van der Waals surface area contributed by atoms with Gasteiger partial charge in [0.05, 0.1) is 0 Å². The van der Waals surface area contributed by atoms with Gasteiger partial charge in [-0.15, -0.1) is 0 Å². The average molecular weight is 329 g/mol. The lowest BCUT2D eigenvalue weighted by atomic mass is 10.1. The van der Waals surface area contributed by atoms with Crippen LogP contribution in [0.2, 0.25) is 0 Å². The summed E-state index contributed by atoms with van der Waals surface area (Å²) < 4.78 is 43.7. The number of hydrogen-bond donors (Lipinski definition) is 0. The van der Waals surface area contributed by atoms with Crippen molar-refractivity contribution in [2.45, 2.75) is 11.0 Å². The standard InChI is InChI=1S/C14H8BrF3O/c15-13(14(16,17)18)8-5-6-12-10(7-8)9-3-1-2-4-11(9)19-12/h1-7,13H. The molecule has 2 aromatic carbocycles. The Balaban J connectivity index is 2.22. The van der Waals surface area contributed by atoms with Gasteiger partial charge >= 0.3 is 6.18 Å². The summed E-state index contributed by atoms with van der Waals surface area (Å²) in [5.41, 5.74) is 1.44. The summed E-state index contributed by atoms with van der Waals surface area (Å²) in [6.07, 6.45) is -4.31. The number of rotatable bonds is 1. The normalized spacial score (nSPS) is 14.1. The summed E-state index contributed by atoms with van der Waals surface area (Å²) in [6, 6.07) is 11.8. The maximum Gasteiger partial charge on any atom is 0.405 e. The van der Waals surface area contributed by atoms with E-state index in [1.54, 1.807) is 12.1 Å². The van der Waals surface area contributed by atoms with E-state index in [1.165, 1.54) is 12.1 Å². The summed E-state index contributed by atoms with van der Waals surface area (Å²) in [7, 11) is 0. The Kier molecular flexibility index (Phi) is 2.82. The Morgan fingerprint density at radius 2 is 1.63 bits per heavy atom. The monoisotopic (exact) mass is 328 g/mol. The Hall–Kier alpha value is -1.49. The average Bonchev–Trinajstić information content (AvgIpc) is 2.74. The number of halogens is 4. The van der Waals surface area contributed by atoms with Crippen LogP contribution in [-0.4, -0.2) is 6.18 Å². The number of para-hydroxylation sites is 1. The van der Waals surface area contributed by atoms with Gasteiger partial charge in [0.25, 0.3) is 0 Å². The van der Waals surface area contributed by atoms with Crippen LogP contribution in [0.25, 0.3) is 21.9 Å². The number of furan rings is 1. The predicted molar refractivity (Wildman–Crippen MR) is 71.4 cm³/mol. The number of alkyl halides is 4. The maximum atomic E-state index is 12.7. The third kappa shape index (κ3) is 2.12. The number of hydrogen-bond acceptors (Lipinski definition) is 1. The second-order valence-corrected chi connectivity index (χ2v) is 5.17. The Bertz CT molecular complexity index is 745. The highest BCUT2D eigenvalue weighted by atomic mass is 79.9. The molecule has 3 aromatic rings. The molecule has 0 spiro atoms. The highest BCUT2D eigenvalue weighted by Gasteiger charge is 2.38. The van der Waals surface area contributed by atoms with E-state index in [0.29, 0.717) is 16.6 Å². The summed E-state index contributed by atoms with van der Waals surface area (Å²) in [6.45, 7) is 0. The third-order valence-electron chi connectivity index (χ3n) is 2.98. The van der Waals surface area contributed by atoms with Gasteiger partial charge in [-0.3, -0.25) is 0 Å². The minimum atomic E-state index is -4.31. The topological polar surface area (TPSA) is 13.1 Å². The van der Waals surface area contributed by atoms with Crippen LogP contribution in [0.15, 0.2) is 46.9 Å². The smallest absolute Gasteiger partial charge is 0.405 e. The van der Waals surface area contributed by atoms with E-state index in [4.69, 9.17) is 4.42 Å². The molecule has 0 N–H and O–H groups in total. The first-order chi connectivity index (χ1) is 8.97. The second-order valence-electron chi connectivity index (χ2n) is 4.26. The van der Waals surface area contributed by atoms with Crippen molar-refractivity contribution in [3.8, 4) is 0 Å². The SMILES string of the molecule is FC(F)(F)C(Br)c1ccc2oc3ccccc3c2c1. The first kappa shape index (κ1) is 12.5. The lowest BCUT2D eigenvalue weighted by Gasteiger charge is -2.13. The third-order valence-corrected chi connectivity index (χ3v) is 4.03. The summed E-state index contributed by atoms with van der Waals surface area (Å²) in [4.78, 5) is -1.67. The molecule has 1 unspecified atom stereocenters. The fourth-order valence-corrected chi connectivity index (χ4v) is 2.38. The molecule has 0 fully saturated rings. The molecule has 0 aliphatic heterocycles. The van der Waals surface area contributed by atoms with Crippen molar-refractivity contribution in [2.24, 2.45) is 0 Å². The molecule has 1 aromatic heterocycles. The molecule has 1 nitrogen and oxygen atoms in total. The van der Waals surface area contributed by atoms with Gasteiger partial charge in [-0.2, -0.15) is 13.2 Å². The van der Waals surface area contributed by atoms with Crippen LogP contribution < -0.4 is 0 Å². The van der Waals surface area contributed by atoms with Gasteiger partial charge in [0.1, 0.15) is 16.0 Å². The van der Waals surface area contributed by atoms with Crippen LogP contribution in [0.5, 0.6) is 0 Å². The van der Waals surface area contributed by atoms with E-state index in [-0.39, 0.29) is 5.56 Å². The molecule has 0 aliphatic carbocycles. The lowest BCUT2D eigenvalue weighted by Crippen LogP contribution is -2.14. The molecule has 0 amide bonds. The molecule has 5 heteroatoms. The molecule has 3 rings (SSSR count). The van der Waals surface area contributed by atoms with Crippen molar-refractivity contribution in [3.63, 3.8) is 0 Å². The molecule has 0 bridgehead atoms. The molecule has 0 saturated heterocycles. The number of fused-ring (bicyclic) bond motifs is 3. The zero-order chi connectivity index (χ0) is 13.6. The fraction of sp³-hybridized carbons (Fsp3) is 0.143. The largest absolute Gasteiger partial charge is 0.456 e. The molecular weight excluding hydrogens is 321 g/mol. The molecule has 19 heavy (non-hydrogen) atoms. The van der Waals surface area contributed by atoms with Gasteiger partial charge in [-0.05, 0) is 23.8 Å². The fourth-order valence-electron chi connectivity index (χ4n) is 2.09.